The van der Waals surface area contributed by atoms with E-state index in [-0.39, 0.29) is 31.0 Å². The summed E-state index contributed by atoms with van der Waals surface area (Å²) in [5.74, 6) is -1.55. The summed E-state index contributed by atoms with van der Waals surface area (Å²) in [5.41, 5.74) is 0.370. The van der Waals surface area contributed by atoms with E-state index in [1.54, 1.807) is 12.3 Å². The van der Waals surface area contributed by atoms with Gasteiger partial charge >= 0.3 is 5.97 Å². The first-order chi connectivity index (χ1) is 14.2. The Balaban J connectivity index is 1.70. The molecule has 3 rings (SSSR count). The van der Waals surface area contributed by atoms with Crippen LogP contribution in [0.2, 0.25) is 15.1 Å². The Kier molecular flexibility index (Phi) is 7.54. The van der Waals surface area contributed by atoms with Crippen molar-refractivity contribution in [2.24, 2.45) is 4.99 Å². The number of carboxylic acids is 1. The van der Waals surface area contributed by atoms with Crippen LogP contribution in [0, 0.1) is 0 Å². The number of rotatable bonds is 7. The standard InChI is InChI=1S/C18H12Cl3N3O4S2/c19-10-5-12(21)13(6-11(10)20)23-18-24-17(28)14(30-18)4-9-7-22-15(29-9)3-8(25)1-2-16(26)27/h4-7H,1-3H2,(H,26,27)(H,23,24,28)/b14-4-. The number of nitrogens with zero attached hydrogens (tertiary/aromatic N) is 2. The van der Waals surface area contributed by atoms with E-state index >= 15 is 0 Å². The lowest BCUT2D eigenvalue weighted by Gasteiger charge is -2.02. The second-order valence-corrected chi connectivity index (χ2v) is 9.36. The van der Waals surface area contributed by atoms with Gasteiger partial charge in [-0.05, 0) is 30.0 Å². The van der Waals surface area contributed by atoms with Crippen molar-refractivity contribution in [3.8, 4) is 0 Å². The maximum absolute atomic E-state index is 12.2. The molecule has 0 aliphatic carbocycles. The second-order valence-electron chi connectivity index (χ2n) is 5.97. The van der Waals surface area contributed by atoms with Gasteiger partial charge < -0.3 is 10.4 Å². The Morgan fingerprint density at radius 3 is 2.63 bits per heavy atom. The third kappa shape index (κ3) is 6.05. The fourth-order valence-corrected chi connectivity index (χ4v) is 4.67. The largest absolute Gasteiger partial charge is 0.481 e. The molecule has 0 bridgehead atoms. The summed E-state index contributed by atoms with van der Waals surface area (Å²) in [6.07, 6.45) is 3.00. The highest BCUT2D eigenvalue weighted by Gasteiger charge is 2.24. The van der Waals surface area contributed by atoms with E-state index < -0.39 is 5.97 Å². The number of hydrogen-bond acceptors (Lipinski definition) is 7. The van der Waals surface area contributed by atoms with Gasteiger partial charge in [-0.3, -0.25) is 14.4 Å². The number of Topliss-reactive ketones (excluding diaryl/α,β-unsaturated/α-hetero) is 1. The van der Waals surface area contributed by atoms with Crippen LogP contribution in [-0.4, -0.2) is 32.9 Å². The van der Waals surface area contributed by atoms with Crippen LogP contribution in [-0.2, 0) is 20.8 Å². The quantitative estimate of drug-likeness (QED) is 0.407. The van der Waals surface area contributed by atoms with Crippen molar-refractivity contribution in [2.75, 3.05) is 0 Å². The van der Waals surface area contributed by atoms with E-state index in [1.807, 2.05) is 0 Å². The van der Waals surface area contributed by atoms with E-state index in [4.69, 9.17) is 39.9 Å². The van der Waals surface area contributed by atoms with E-state index in [9.17, 15) is 14.4 Å². The number of halogens is 3. The van der Waals surface area contributed by atoms with Crippen LogP contribution in [0.15, 0.2) is 28.2 Å². The lowest BCUT2D eigenvalue weighted by atomic mass is 10.2. The van der Waals surface area contributed by atoms with Gasteiger partial charge in [-0.2, -0.15) is 0 Å². The normalized spacial score (nSPS) is 16.3. The number of carboxylic acid groups (broad SMARTS) is 1. The molecule has 1 aromatic carbocycles. The lowest BCUT2D eigenvalue weighted by molar-refractivity contribution is -0.138. The minimum atomic E-state index is -1.02. The van der Waals surface area contributed by atoms with Gasteiger partial charge in [0.2, 0.25) is 0 Å². The molecule has 7 nitrogen and oxygen atoms in total. The molecule has 1 saturated heterocycles. The highest BCUT2D eigenvalue weighted by Crippen LogP contribution is 2.36. The molecule has 1 aromatic heterocycles. The molecule has 30 heavy (non-hydrogen) atoms. The zero-order valence-corrected chi connectivity index (χ0v) is 18.8. The maximum atomic E-state index is 12.2. The van der Waals surface area contributed by atoms with Crippen LogP contribution in [0.25, 0.3) is 6.08 Å². The van der Waals surface area contributed by atoms with Gasteiger partial charge in [-0.25, -0.2) is 9.98 Å². The van der Waals surface area contributed by atoms with Gasteiger partial charge in [0, 0.05) is 17.5 Å². The number of aliphatic imine (C=N–C) groups is 1. The number of hydrogen-bond donors (Lipinski definition) is 2. The Morgan fingerprint density at radius 2 is 1.90 bits per heavy atom. The van der Waals surface area contributed by atoms with E-state index in [2.05, 4.69) is 15.3 Å². The third-order valence-corrected chi connectivity index (χ3v) is 6.55. The monoisotopic (exact) mass is 503 g/mol. The Morgan fingerprint density at radius 1 is 1.17 bits per heavy atom. The SMILES string of the molecule is O=C(O)CCC(=O)Cc1ncc(/C=C2\SC(=Nc3cc(Cl)c(Cl)cc3Cl)NC2=O)s1. The van der Waals surface area contributed by atoms with Crippen molar-refractivity contribution < 1.29 is 19.5 Å². The van der Waals surface area contributed by atoms with Gasteiger partial charge in [0.25, 0.3) is 5.91 Å². The molecule has 1 fully saturated rings. The number of carbonyl (C=O) groups is 3. The van der Waals surface area contributed by atoms with Crippen molar-refractivity contribution in [1.29, 1.82) is 0 Å². The molecule has 2 aromatic rings. The number of aliphatic carboxylic acids is 1. The number of aromatic nitrogens is 1. The number of amides is 1. The fourth-order valence-electron chi connectivity index (χ4n) is 2.29. The van der Waals surface area contributed by atoms with Crippen LogP contribution in [0.5, 0.6) is 0 Å². The molecule has 12 heteroatoms. The van der Waals surface area contributed by atoms with Crippen molar-refractivity contribution in [1.82, 2.24) is 10.3 Å². The first-order valence-corrected chi connectivity index (χ1v) is 11.1. The number of ketones is 1. The van der Waals surface area contributed by atoms with Crippen LogP contribution >= 0.6 is 57.9 Å². The number of amidine groups is 1. The summed E-state index contributed by atoms with van der Waals surface area (Å²) in [6.45, 7) is 0. The van der Waals surface area contributed by atoms with Crippen molar-refractivity contribution in [3.05, 3.63) is 48.2 Å². The first kappa shape index (κ1) is 22.8. The average molecular weight is 505 g/mol. The predicted octanol–water partition coefficient (Wildman–Crippen LogP) is 4.97. The number of carbonyl (C=O) groups excluding carboxylic acids is 2. The van der Waals surface area contributed by atoms with Gasteiger partial charge in [-0.15, -0.1) is 11.3 Å². The Hall–Kier alpha value is -1.91. The summed E-state index contributed by atoms with van der Waals surface area (Å²) in [7, 11) is 0. The maximum Gasteiger partial charge on any atom is 0.303 e. The summed E-state index contributed by atoms with van der Waals surface area (Å²) in [4.78, 5) is 44.1. The molecule has 0 radical (unpaired) electrons. The van der Waals surface area contributed by atoms with E-state index in [1.165, 1.54) is 23.5 Å². The van der Waals surface area contributed by atoms with Gasteiger partial charge in [0.15, 0.2) is 5.17 Å². The molecule has 0 atom stereocenters. The Bertz CT molecular complexity index is 1100. The highest BCUT2D eigenvalue weighted by molar-refractivity contribution is 8.18. The molecule has 1 aliphatic heterocycles. The highest BCUT2D eigenvalue weighted by atomic mass is 35.5. The van der Waals surface area contributed by atoms with Gasteiger partial charge in [-0.1, -0.05) is 34.8 Å². The molecule has 1 aliphatic rings. The molecule has 0 spiro atoms. The number of benzene rings is 1. The minimum Gasteiger partial charge on any atom is -0.481 e. The summed E-state index contributed by atoms with van der Waals surface area (Å²) < 4.78 is 0. The molecule has 0 saturated carbocycles. The van der Waals surface area contributed by atoms with Crippen molar-refractivity contribution in [3.63, 3.8) is 0 Å². The summed E-state index contributed by atoms with van der Waals surface area (Å²) in [6, 6.07) is 2.98. The second kappa shape index (κ2) is 9.93. The molecular formula is C18H12Cl3N3O4S2. The molecule has 156 valence electrons. The zero-order chi connectivity index (χ0) is 21.8. The van der Waals surface area contributed by atoms with Crippen LogP contribution < -0.4 is 5.32 Å². The third-order valence-electron chi connectivity index (χ3n) is 3.67. The predicted molar refractivity (Wildman–Crippen MR) is 120 cm³/mol. The minimum absolute atomic E-state index is 0.0410. The summed E-state index contributed by atoms with van der Waals surface area (Å²) in [5, 5.41) is 13.1. The fraction of sp³-hybridized carbons (Fsp3) is 0.167. The average Bonchev–Trinajstić information content (AvgIpc) is 3.24. The van der Waals surface area contributed by atoms with Gasteiger partial charge in [0.1, 0.15) is 10.8 Å². The number of thioether (sulfide) groups is 1. The zero-order valence-electron chi connectivity index (χ0n) is 14.9. The van der Waals surface area contributed by atoms with Crippen molar-refractivity contribution >= 4 is 92.5 Å². The molecular weight excluding hydrogens is 493 g/mol. The van der Waals surface area contributed by atoms with E-state index in [0.717, 1.165) is 11.8 Å². The smallest absolute Gasteiger partial charge is 0.303 e. The number of thiazole rings is 1. The lowest BCUT2D eigenvalue weighted by Crippen LogP contribution is -2.19. The van der Waals surface area contributed by atoms with Gasteiger partial charge in [0.05, 0.1) is 38.5 Å². The Labute approximate surface area is 194 Å². The van der Waals surface area contributed by atoms with Crippen molar-refractivity contribution in [2.45, 2.75) is 19.3 Å². The molecule has 2 N–H and O–H groups in total. The van der Waals surface area contributed by atoms with Crippen LogP contribution in [0.1, 0.15) is 22.7 Å². The number of nitrogens with one attached hydrogen (secondary N) is 1. The van der Waals surface area contributed by atoms with E-state index in [0.29, 0.717) is 40.7 Å². The molecule has 1 amide bonds. The summed E-state index contributed by atoms with van der Waals surface area (Å²) >= 11 is 20.4. The molecule has 0 unspecified atom stereocenters. The van der Waals surface area contributed by atoms with Crippen LogP contribution in [0.4, 0.5) is 5.69 Å². The topological polar surface area (TPSA) is 109 Å². The first-order valence-electron chi connectivity index (χ1n) is 8.33. The van der Waals surface area contributed by atoms with Crippen LogP contribution in [0.3, 0.4) is 0 Å². The molecule has 2 heterocycles.